The van der Waals surface area contributed by atoms with Crippen LogP contribution in [0.2, 0.25) is 5.28 Å². The van der Waals surface area contributed by atoms with E-state index in [0.717, 1.165) is 23.1 Å². The van der Waals surface area contributed by atoms with E-state index < -0.39 is 0 Å². The minimum absolute atomic E-state index is 0.0983. The minimum Gasteiger partial charge on any atom is -0.383 e. The molecule has 150 valence electrons. The van der Waals surface area contributed by atoms with Gasteiger partial charge in [-0.2, -0.15) is 9.97 Å². The van der Waals surface area contributed by atoms with Crippen LogP contribution in [0.25, 0.3) is 22.1 Å². The number of carbonyl (C=O) groups excluding carboxylic acids is 1. The number of nitrogens with zero attached hydrogens (tertiary/aromatic N) is 4. The molecule has 0 fully saturated rings. The quantitative estimate of drug-likeness (QED) is 0.383. The van der Waals surface area contributed by atoms with Crippen LogP contribution >= 0.6 is 11.6 Å². The number of hydrogen-bond acceptors (Lipinski definition) is 6. The number of aromatic nitrogens is 5. The second-order valence-electron chi connectivity index (χ2n) is 6.41. The van der Waals surface area contributed by atoms with E-state index in [0.29, 0.717) is 30.1 Å². The predicted octanol–water partition coefficient (Wildman–Crippen LogP) is 3.05. The Labute approximate surface area is 171 Å². The van der Waals surface area contributed by atoms with E-state index >= 15 is 0 Å². The SMILES string of the molecule is COCCn1ccc2c(NC(=O)CCNc3nc(Cl)nc4nc[nH]c34)cccc21. The lowest BCUT2D eigenvalue weighted by molar-refractivity contribution is -0.115. The average molecular weight is 414 g/mol. The number of amides is 1. The van der Waals surface area contributed by atoms with Gasteiger partial charge in [-0.15, -0.1) is 0 Å². The summed E-state index contributed by atoms with van der Waals surface area (Å²) in [4.78, 5) is 27.7. The van der Waals surface area contributed by atoms with Crippen LogP contribution < -0.4 is 10.6 Å². The van der Waals surface area contributed by atoms with E-state index in [4.69, 9.17) is 16.3 Å². The van der Waals surface area contributed by atoms with Gasteiger partial charge in [0, 0.05) is 38.2 Å². The molecule has 1 amide bonds. The maximum absolute atomic E-state index is 12.4. The topological polar surface area (TPSA) is 110 Å². The third kappa shape index (κ3) is 4.15. The molecule has 0 spiro atoms. The first-order valence-corrected chi connectivity index (χ1v) is 9.50. The normalized spacial score (nSPS) is 11.2. The van der Waals surface area contributed by atoms with E-state index in [1.807, 2.05) is 30.5 Å². The van der Waals surface area contributed by atoms with Crippen LogP contribution in [0.1, 0.15) is 6.42 Å². The van der Waals surface area contributed by atoms with Crippen molar-refractivity contribution in [2.75, 3.05) is 30.9 Å². The summed E-state index contributed by atoms with van der Waals surface area (Å²) in [5, 5.41) is 7.18. The van der Waals surface area contributed by atoms with Crippen molar-refractivity contribution in [3.8, 4) is 0 Å². The van der Waals surface area contributed by atoms with E-state index in [-0.39, 0.29) is 17.6 Å². The fourth-order valence-electron chi connectivity index (χ4n) is 3.16. The summed E-state index contributed by atoms with van der Waals surface area (Å²) in [6, 6.07) is 7.84. The Morgan fingerprint density at radius 3 is 3.07 bits per heavy atom. The number of halogens is 1. The van der Waals surface area contributed by atoms with Gasteiger partial charge in [0.25, 0.3) is 0 Å². The number of methoxy groups -OCH3 is 1. The first-order valence-electron chi connectivity index (χ1n) is 9.13. The summed E-state index contributed by atoms with van der Waals surface area (Å²) in [6.45, 7) is 1.77. The maximum atomic E-state index is 12.4. The van der Waals surface area contributed by atoms with Gasteiger partial charge in [-0.25, -0.2) is 4.98 Å². The molecular formula is C19H20ClN7O2. The van der Waals surface area contributed by atoms with E-state index in [9.17, 15) is 4.79 Å². The van der Waals surface area contributed by atoms with Crippen molar-refractivity contribution in [3.05, 3.63) is 42.1 Å². The van der Waals surface area contributed by atoms with Gasteiger partial charge < -0.3 is 24.9 Å². The zero-order valence-corrected chi connectivity index (χ0v) is 16.5. The van der Waals surface area contributed by atoms with Crippen molar-refractivity contribution in [2.24, 2.45) is 0 Å². The highest BCUT2D eigenvalue weighted by atomic mass is 35.5. The summed E-state index contributed by atoms with van der Waals surface area (Å²) in [6.07, 6.45) is 3.78. The van der Waals surface area contributed by atoms with Crippen molar-refractivity contribution in [1.29, 1.82) is 0 Å². The van der Waals surface area contributed by atoms with Gasteiger partial charge in [0.05, 0.1) is 24.1 Å². The highest BCUT2D eigenvalue weighted by Gasteiger charge is 2.11. The summed E-state index contributed by atoms with van der Waals surface area (Å²) in [5.74, 6) is 0.415. The lowest BCUT2D eigenvalue weighted by Crippen LogP contribution is -2.17. The molecule has 0 saturated heterocycles. The fraction of sp³-hybridized carbons (Fsp3) is 0.263. The molecule has 0 unspecified atom stereocenters. The number of nitrogens with one attached hydrogen (secondary N) is 3. The molecule has 0 radical (unpaired) electrons. The van der Waals surface area contributed by atoms with Gasteiger partial charge in [-0.05, 0) is 29.8 Å². The van der Waals surface area contributed by atoms with Gasteiger partial charge in [-0.3, -0.25) is 4.79 Å². The molecule has 9 nitrogen and oxygen atoms in total. The lowest BCUT2D eigenvalue weighted by atomic mass is 10.2. The Bertz CT molecular complexity index is 1150. The summed E-state index contributed by atoms with van der Waals surface area (Å²) in [7, 11) is 1.68. The van der Waals surface area contributed by atoms with Gasteiger partial charge >= 0.3 is 0 Å². The number of fused-ring (bicyclic) bond motifs is 2. The molecule has 0 saturated carbocycles. The first-order chi connectivity index (χ1) is 14.2. The number of anilines is 2. The number of ether oxygens (including phenoxy) is 1. The molecule has 3 aromatic heterocycles. The summed E-state index contributed by atoms with van der Waals surface area (Å²) < 4.78 is 7.25. The van der Waals surface area contributed by atoms with E-state index in [1.165, 1.54) is 6.33 Å². The fourth-order valence-corrected chi connectivity index (χ4v) is 3.32. The third-order valence-corrected chi connectivity index (χ3v) is 4.70. The third-order valence-electron chi connectivity index (χ3n) is 4.53. The van der Waals surface area contributed by atoms with Crippen molar-refractivity contribution in [3.63, 3.8) is 0 Å². The van der Waals surface area contributed by atoms with Crippen LogP contribution in [0.3, 0.4) is 0 Å². The van der Waals surface area contributed by atoms with Gasteiger partial charge in [0.2, 0.25) is 11.2 Å². The number of benzene rings is 1. The van der Waals surface area contributed by atoms with Crippen molar-refractivity contribution in [1.82, 2.24) is 24.5 Å². The molecule has 0 atom stereocenters. The Morgan fingerprint density at radius 1 is 1.31 bits per heavy atom. The van der Waals surface area contributed by atoms with Gasteiger partial charge in [0.15, 0.2) is 11.5 Å². The van der Waals surface area contributed by atoms with Crippen molar-refractivity contribution >= 4 is 51.1 Å². The van der Waals surface area contributed by atoms with Crippen LogP contribution in [0.5, 0.6) is 0 Å². The number of rotatable bonds is 8. The number of hydrogen-bond donors (Lipinski definition) is 3. The molecule has 29 heavy (non-hydrogen) atoms. The molecule has 0 aliphatic rings. The van der Waals surface area contributed by atoms with Crippen LogP contribution in [0.15, 0.2) is 36.8 Å². The van der Waals surface area contributed by atoms with Crippen LogP contribution in [-0.4, -0.2) is 50.7 Å². The van der Waals surface area contributed by atoms with Crippen molar-refractivity contribution < 1.29 is 9.53 Å². The zero-order valence-electron chi connectivity index (χ0n) is 15.8. The largest absolute Gasteiger partial charge is 0.383 e. The predicted molar refractivity (Wildman–Crippen MR) is 112 cm³/mol. The maximum Gasteiger partial charge on any atom is 0.226 e. The summed E-state index contributed by atoms with van der Waals surface area (Å²) in [5.41, 5.74) is 2.96. The second kappa shape index (κ2) is 8.46. The highest BCUT2D eigenvalue weighted by molar-refractivity contribution is 6.28. The molecule has 0 aliphatic carbocycles. The van der Waals surface area contributed by atoms with Crippen LogP contribution in [-0.2, 0) is 16.1 Å². The minimum atomic E-state index is -0.101. The van der Waals surface area contributed by atoms with Gasteiger partial charge in [0.1, 0.15) is 5.52 Å². The second-order valence-corrected chi connectivity index (χ2v) is 6.75. The Balaban J connectivity index is 1.40. The lowest BCUT2D eigenvalue weighted by Gasteiger charge is -2.10. The van der Waals surface area contributed by atoms with E-state index in [2.05, 4.69) is 35.1 Å². The van der Waals surface area contributed by atoms with E-state index in [1.54, 1.807) is 7.11 Å². The molecular weight excluding hydrogens is 394 g/mol. The zero-order chi connectivity index (χ0) is 20.2. The molecule has 1 aromatic carbocycles. The highest BCUT2D eigenvalue weighted by Crippen LogP contribution is 2.25. The Kier molecular flexibility index (Phi) is 5.59. The number of H-pyrrole nitrogens is 1. The van der Waals surface area contributed by atoms with Crippen LogP contribution in [0, 0.1) is 0 Å². The number of aromatic amines is 1. The number of carbonyl (C=O) groups is 1. The molecule has 3 heterocycles. The Hall–Kier alpha value is -3.17. The average Bonchev–Trinajstić information content (AvgIpc) is 3.33. The molecule has 10 heteroatoms. The molecule has 0 aliphatic heterocycles. The summed E-state index contributed by atoms with van der Waals surface area (Å²) >= 11 is 5.91. The first kappa shape index (κ1) is 19.2. The van der Waals surface area contributed by atoms with Crippen LogP contribution in [0.4, 0.5) is 11.5 Å². The van der Waals surface area contributed by atoms with Gasteiger partial charge in [-0.1, -0.05) is 6.07 Å². The molecule has 4 aromatic rings. The number of imidazole rings is 1. The van der Waals surface area contributed by atoms with Crippen molar-refractivity contribution in [2.45, 2.75) is 13.0 Å². The molecule has 4 rings (SSSR count). The Morgan fingerprint density at radius 2 is 2.21 bits per heavy atom. The molecule has 0 bridgehead atoms. The molecule has 3 N–H and O–H groups in total. The monoisotopic (exact) mass is 413 g/mol. The smallest absolute Gasteiger partial charge is 0.226 e. The standard InChI is InChI=1S/C19H20ClN7O2/c1-29-10-9-27-8-6-12-13(3-2-4-14(12)27)24-15(28)5-7-21-17-16-18(23-11-22-16)26-19(20)25-17/h2-4,6,8,11H,5,7,9-10H2,1H3,(H,24,28)(H2,21,22,23,25,26).